The number of aryl methyl sites for hydroxylation is 1. The van der Waals surface area contributed by atoms with Gasteiger partial charge in [-0.15, -0.1) is 0 Å². The van der Waals surface area contributed by atoms with Crippen molar-refractivity contribution in [2.24, 2.45) is 5.73 Å². The molecule has 0 aromatic heterocycles. The summed E-state index contributed by atoms with van der Waals surface area (Å²) in [6, 6.07) is 4.19. The molecule has 1 aromatic carbocycles. The maximum atomic E-state index is 12.2. The van der Waals surface area contributed by atoms with Crippen LogP contribution in [-0.2, 0) is 9.59 Å². The normalized spacial score (nSPS) is 11.6. The van der Waals surface area contributed by atoms with E-state index < -0.39 is 17.9 Å². The number of hydrogen-bond acceptors (Lipinski definition) is 3. The van der Waals surface area contributed by atoms with E-state index in [4.69, 9.17) is 17.3 Å². The minimum absolute atomic E-state index is 0.0963. The van der Waals surface area contributed by atoms with E-state index in [1.54, 1.807) is 18.2 Å². The number of halogens is 1. The minimum atomic E-state index is -0.750. The standard InChI is InChI=1S/C16H22ClN3O3/c1-10-6-7-12(9-13(10)17)16(23)20-14(15(18)22)5-3-4-8-19-11(2)21/h6-7,9,14H,3-5,8H2,1-2H3,(H2,18,22)(H,19,21)(H,20,23). The fraction of sp³-hybridized carbons (Fsp3) is 0.438. The van der Waals surface area contributed by atoms with Crippen LogP contribution in [-0.4, -0.2) is 30.3 Å². The predicted octanol–water partition coefficient (Wildman–Crippen LogP) is 1.54. The lowest BCUT2D eigenvalue weighted by Gasteiger charge is -2.16. The first-order chi connectivity index (χ1) is 10.8. The van der Waals surface area contributed by atoms with Crippen molar-refractivity contribution >= 4 is 29.3 Å². The molecule has 0 heterocycles. The van der Waals surface area contributed by atoms with Crippen LogP contribution >= 0.6 is 11.6 Å². The van der Waals surface area contributed by atoms with Crippen molar-refractivity contribution in [3.63, 3.8) is 0 Å². The van der Waals surface area contributed by atoms with E-state index in [1.807, 2.05) is 6.92 Å². The molecule has 0 saturated heterocycles. The summed E-state index contributed by atoms with van der Waals surface area (Å²) in [7, 11) is 0. The Morgan fingerprint density at radius 1 is 1.26 bits per heavy atom. The van der Waals surface area contributed by atoms with E-state index in [2.05, 4.69) is 10.6 Å². The maximum absolute atomic E-state index is 12.2. The third-order valence-electron chi connectivity index (χ3n) is 3.38. The molecule has 0 aliphatic heterocycles. The molecule has 1 atom stereocenters. The van der Waals surface area contributed by atoms with Crippen LogP contribution < -0.4 is 16.4 Å². The average Bonchev–Trinajstić information content (AvgIpc) is 2.47. The van der Waals surface area contributed by atoms with Crippen LogP contribution in [0.1, 0.15) is 42.1 Å². The number of hydrogen-bond donors (Lipinski definition) is 3. The number of benzene rings is 1. The first-order valence-electron chi connectivity index (χ1n) is 7.42. The van der Waals surface area contributed by atoms with Gasteiger partial charge >= 0.3 is 0 Å². The van der Waals surface area contributed by atoms with Gasteiger partial charge in [-0.2, -0.15) is 0 Å². The first kappa shape index (κ1) is 19.0. The lowest BCUT2D eigenvalue weighted by molar-refractivity contribution is -0.120. The van der Waals surface area contributed by atoms with E-state index in [-0.39, 0.29) is 5.91 Å². The molecule has 1 aromatic rings. The van der Waals surface area contributed by atoms with Crippen LogP contribution in [0.15, 0.2) is 18.2 Å². The molecular formula is C16H22ClN3O3. The minimum Gasteiger partial charge on any atom is -0.368 e. The number of amides is 3. The number of nitrogens with two attached hydrogens (primary N) is 1. The SMILES string of the molecule is CC(=O)NCCCCC(NC(=O)c1ccc(C)c(Cl)c1)C(N)=O. The maximum Gasteiger partial charge on any atom is 0.251 e. The number of primary amides is 1. The number of carbonyl (C=O) groups is 3. The zero-order chi connectivity index (χ0) is 17.4. The molecule has 1 unspecified atom stereocenters. The highest BCUT2D eigenvalue weighted by Crippen LogP contribution is 2.16. The van der Waals surface area contributed by atoms with Crippen LogP contribution in [0.3, 0.4) is 0 Å². The Bertz CT molecular complexity index is 590. The van der Waals surface area contributed by atoms with Gasteiger partial charge in [-0.3, -0.25) is 14.4 Å². The summed E-state index contributed by atoms with van der Waals surface area (Å²) in [4.78, 5) is 34.4. The van der Waals surface area contributed by atoms with Gasteiger partial charge in [-0.25, -0.2) is 0 Å². The van der Waals surface area contributed by atoms with E-state index in [0.717, 1.165) is 5.56 Å². The summed E-state index contributed by atoms with van der Waals surface area (Å²) in [5, 5.41) is 5.78. The Labute approximate surface area is 140 Å². The topological polar surface area (TPSA) is 101 Å². The van der Waals surface area contributed by atoms with E-state index in [0.29, 0.717) is 36.4 Å². The molecule has 0 radical (unpaired) electrons. The lowest BCUT2D eigenvalue weighted by Crippen LogP contribution is -2.44. The first-order valence-corrected chi connectivity index (χ1v) is 7.80. The Morgan fingerprint density at radius 2 is 1.96 bits per heavy atom. The molecule has 6 nitrogen and oxygen atoms in total. The summed E-state index contributed by atoms with van der Waals surface area (Å²) in [6.07, 6.45) is 1.78. The number of unbranched alkanes of at least 4 members (excludes halogenated alkanes) is 1. The fourth-order valence-corrected chi connectivity index (χ4v) is 2.18. The second-order valence-electron chi connectivity index (χ2n) is 5.37. The number of carbonyl (C=O) groups excluding carboxylic acids is 3. The van der Waals surface area contributed by atoms with Gasteiger partial charge in [-0.1, -0.05) is 17.7 Å². The summed E-state index contributed by atoms with van der Waals surface area (Å²) in [6.45, 7) is 3.81. The molecular weight excluding hydrogens is 318 g/mol. The van der Waals surface area contributed by atoms with E-state index in [1.165, 1.54) is 6.92 Å². The van der Waals surface area contributed by atoms with Crippen LogP contribution in [0.2, 0.25) is 5.02 Å². The highest BCUT2D eigenvalue weighted by atomic mass is 35.5. The Balaban J connectivity index is 2.54. The quantitative estimate of drug-likeness (QED) is 0.626. The molecule has 0 spiro atoms. The van der Waals surface area contributed by atoms with Gasteiger partial charge in [-0.05, 0) is 43.9 Å². The molecule has 0 saturated carbocycles. The van der Waals surface area contributed by atoms with E-state index >= 15 is 0 Å². The van der Waals surface area contributed by atoms with Crippen LogP contribution in [0.4, 0.5) is 0 Å². The van der Waals surface area contributed by atoms with Gasteiger partial charge in [0.25, 0.3) is 5.91 Å². The highest BCUT2D eigenvalue weighted by Gasteiger charge is 2.18. The van der Waals surface area contributed by atoms with Crippen LogP contribution in [0, 0.1) is 6.92 Å². The van der Waals surface area contributed by atoms with Crippen LogP contribution in [0.5, 0.6) is 0 Å². The van der Waals surface area contributed by atoms with Crippen molar-refractivity contribution < 1.29 is 14.4 Å². The Morgan fingerprint density at radius 3 is 2.52 bits per heavy atom. The molecule has 7 heteroatoms. The molecule has 4 N–H and O–H groups in total. The highest BCUT2D eigenvalue weighted by molar-refractivity contribution is 6.31. The predicted molar refractivity (Wildman–Crippen MR) is 89.2 cm³/mol. The molecule has 126 valence electrons. The third kappa shape index (κ3) is 6.69. The van der Waals surface area contributed by atoms with Gasteiger partial charge in [0.05, 0.1) is 0 Å². The summed E-state index contributed by atoms with van der Waals surface area (Å²) < 4.78 is 0. The second kappa shape index (κ2) is 9.15. The molecule has 0 fully saturated rings. The Kier molecular flexibility index (Phi) is 7.54. The zero-order valence-electron chi connectivity index (χ0n) is 13.3. The summed E-state index contributed by atoms with van der Waals surface area (Å²) >= 11 is 5.99. The summed E-state index contributed by atoms with van der Waals surface area (Å²) in [5.41, 5.74) is 6.58. The van der Waals surface area contributed by atoms with Gasteiger partial charge in [0.15, 0.2) is 0 Å². The third-order valence-corrected chi connectivity index (χ3v) is 3.78. The molecule has 0 aliphatic rings. The van der Waals surface area contributed by atoms with Crippen molar-refractivity contribution in [2.45, 2.75) is 39.2 Å². The van der Waals surface area contributed by atoms with Crippen molar-refractivity contribution in [3.8, 4) is 0 Å². The van der Waals surface area contributed by atoms with Crippen molar-refractivity contribution in [2.75, 3.05) is 6.54 Å². The summed E-state index contributed by atoms with van der Waals surface area (Å²) in [5.74, 6) is -1.07. The second-order valence-corrected chi connectivity index (χ2v) is 5.78. The lowest BCUT2D eigenvalue weighted by atomic mass is 10.1. The van der Waals surface area contributed by atoms with Crippen molar-refractivity contribution in [1.29, 1.82) is 0 Å². The van der Waals surface area contributed by atoms with Gasteiger partial charge < -0.3 is 16.4 Å². The zero-order valence-corrected chi connectivity index (χ0v) is 14.1. The molecule has 1 rings (SSSR count). The molecule has 0 bridgehead atoms. The molecule has 23 heavy (non-hydrogen) atoms. The van der Waals surface area contributed by atoms with Crippen LogP contribution in [0.25, 0.3) is 0 Å². The number of nitrogens with one attached hydrogen (secondary N) is 2. The molecule has 3 amide bonds. The largest absolute Gasteiger partial charge is 0.368 e. The smallest absolute Gasteiger partial charge is 0.251 e. The Hall–Kier alpha value is -2.08. The van der Waals surface area contributed by atoms with E-state index in [9.17, 15) is 14.4 Å². The van der Waals surface area contributed by atoms with Gasteiger partial charge in [0.1, 0.15) is 6.04 Å². The monoisotopic (exact) mass is 339 g/mol. The van der Waals surface area contributed by atoms with Gasteiger partial charge in [0, 0.05) is 24.1 Å². The molecule has 0 aliphatic carbocycles. The average molecular weight is 340 g/mol. The van der Waals surface area contributed by atoms with Gasteiger partial charge in [0.2, 0.25) is 11.8 Å². The number of rotatable bonds is 8. The van der Waals surface area contributed by atoms with Crippen molar-refractivity contribution in [1.82, 2.24) is 10.6 Å². The fourth-order valence-electron chi connectivity index (χ4n) is 2.00. The van der Waals surface area contributed by atoms with Crippen molar-refractivity contribution in [3.05, 3.63) is 34.3 Å².